The number of anilines is 2. The molecule has 32 heavy (non-hydrogen) atoms. The van der Waals surface area contributed by atoms with Crippen LogP contribution in [0.5, 0.6) is 11.5 Å². The summed E-state index contributed by atoms with van der Waals surface area (Å²) in [7, 11) is -9.42. The van der Waals surface area contributed by atoms with Crippen LogP contribution in [0.15, 0.2) is 76.5 Å². The van der Waals surface area contributed by atoms with Gasteiger partial charge in [0, 0.05) is 5.69 Å². The molecule has 13 heteroatoms. The number of nitrogens with one attached hydrogen (secondary N) is 1. The van der Waals surface area contributed by atoms with E-state index in [1.54, 1.807) is 18.2 Å². The zero-order valence-electron chi connectivity index (χ0n) is 15.9. The smallest absolute Gasteiger partial charge is 0.418 e. The van der Waals surface area contributed by atoms with Crippen LogP contribution in [0.25, 0.3) is 0 Å². The van der Waals surface area contributed by atoms with E-state index in [4.69, 9.17) is 10.5 Å². The van der Waals surface area contributed by atoms with Crippen molar-refractivity contribution in [3.63, 3.8) is 0 Å². The van der Waals surface area contributed by atoms with Crippen LogP contribution < -0.4 is 15.2 Å². The fourth-order valence-corrected chi connectivity index (χ4v) is 4.35. The van der Waals surface area contributed by atoms with Crippen LogP contribution in [0.2, 0.25) is 0 Å². The first-order chi connectivity index (χ1) is 14.8. The SMILES string of the molecule is Nc1ccc(S(=O)(=O)Nc2ccc(Oc3ccccc3)c(S(=O)(=O)O)c2)cc1C(F)(F)F. The standard InChI is InChI=1S/C19H15F3N2O6S2/c20-19(21,22)15-11-14(7-8-16(15)23)31(25,26)24-12-6-9-17(18(10-12)32(27,28)29)30-13-4-2-1-3-5-13/h1-11,24H,23H2,(H,27,28,29). The Labute approximate surface area is 181 Å². The van der Waals surface area contributed by atoms with Gasteiger partial charge >= 0.3 is 6.18 Å². The van der Waals surface area contributed by atoms with Gasteiger partial charge in [-0.2, -0.15) is 21.6 Å². The van der Waals surface area contributed by atoms with E-state index >= 15 is 0 Å². The second-order valence-corrected chi connectivity index (χ2v) is 9.48. The van der Waals surface area contributed by atoms with Crippen molar-refractivity contribution in [1.29, 1.82) is 0 Å². The molecule has 0 aliphatic rings. The minimum atomic E-state index is -4.88. The summed E-state index contributed by atoms with van der Waals surface area (Å²) in [5.41, 5.74) is 2.93. The third-order valence-corrected chi connectivity index (χ3v) is 6.34. The van der Waals surface area contributed by atoms with Gasteiger partial charge in [-0.05, 0) is 48.5 Å². The molecule has 0 amide bonds. The molecule has 170 valence electrons. The summed E-state index contributed by atoms with van der Waals surface area (Å²) in [5.74, 6) is -0.0548. The maximum Gasteiger partial charge on any atom is 0.418 e. The van der Waals surface area contributed by atoms with Crippen molar-refractivity contribution in [2.75, 3.05) is 10.5 Å². The number of rotatable bonds is 6. The number of benzene rings is 3. The maximum absolute atomic E-state index is 13.0. The van der Waals surface area contributed by atoms with Gasteiger partial charge in [-0.15, -0.1) is 0 Å². The fraction of sp³-hybridized carbons (Fsp3) is 0.0526. The number of nitrogen functional groups attached to an aromatic ring is 1. The van der Waals surface area contributed by atoms with E-state index in [1.165, 1.54) is 12.1 Å². The van der Waals surface area contributed by atoms with E-state index in [2.05, 4.69) is 0 Å². The van der Waals surface area contributed by atoms with Gasteiger partial charge in [0.2, 0.25) is 0 Å². The fourth-order valence-electron chi connectivity index (χ4n) is 2.64. The van der Waals surface area contributed by atoms with Crippen molar-refractivity contribution in [3.05, 3.63) is 72.3 Å². The Hall–Kier alpha value is -3.29. The van der Waals surface area contributed by atoms with E-state index in [-0.39, 0.29) is 17.2 Å². The number of alkyl halides is 3. The summed E-state index contributed by atoms with van der Waals surface area (Å²) in [5, 5.41) is 0. The number of nitrogens with two attached hydrogens (primary N) is 1. The Morgan fingerprint density at radius 1 is 0.906 bits per heavy atom. The first-order valence-corrected chi connectivity index (χ1v) is 11.5. The number of para-hydroxylation sites is 1. The van der Waals surface area contributed by atoms with Crippen molar-refractivity contribution in [1.82, 2.24) is 0 Å². The topological polar surface area (TPSA) is 136 Å². The second-order valence-electron chi connectivity index (χ2n) is 6.40. The van der Waals surface area contributed by atoms with E-state index in [0.717, 1.165) is 30.3 Å². The third kappa shape index (κ3) is 5.30. The van der Waals surface area contributed by atoms with Crippen molar-refractivity contribution in [2.45, 2.75) is 16.0 Å². The molecule has 3 aromatic carbocycles. The molecule has 0 radical (unpaired) electrons. The predicted molar refractivity (Wildman–Crippen MR) is 109 cm³/mol. The van der Waals surface area contributed by atoms with Crippen molar-refractivity contribution < 1.29 is 39.3 Å². The van der Waals surface area contributed by atoms with Gasteiger partial charge < -0.3 is 10.5 Å². The molecule has 0 fully saturated rings. The molecule has 0 unspecified atom stereocenters. The predicted octanol–water partition coefficient (Wildman–Crippen LogP) is 4.13. The second kappa shape index (κ2) is 8.33. The van der Waals surface area contributed by atoms with Gasteiger partial charge in [0.15, 0.2) is 0 Å². The molecule has 0 spiro atoms. The van der Waals surface area contributed by atoms with Crippen LogP contribution >= 0.6 is 0 Å². The molecule has 0 aromatic heterocycles. The van der Waals surface area contributed by atoms with Crippen LogP contribution in [0, 0.1) is 0 Å². The van der Waals surface area contributed by atoms with Crippen LogP contribution in [-0.4, -0.2) is 21.4 Å². The molecule has 0 bridgehead atoms. The molecular formula is C19H15F3N2O6S2. The highest BCUT2D eigenvalue weighted by molar-refractivity contribution is 7.92. The van der Waals surface area contributed by atoms with Crippen molar-refractivity contribution in [3.8, 4) is 11.5 Å². The van der Waals surface area contributed by atoms with Crippen LogP contribution in [0.4, 0.5) is 24.5 Å². The monoisotopic (exact) mass is 488 g/mol. The largest absolute Gasteiger partial charge is 0.456 e. The molecule has 4 N–H and O–H groups in total. The van der Waals surface area contributed by atoms with Crippen LogP contribution in [-0.2, 0) is 26.3 Å². The molecule has 3 aromatic rings. The van der Waals surface area contributed by atoms with E-state index in [9.17, 15) is 34.6 Å². The molecule has 0 aliphatic carbocycles. The van der Waals surface area contributed by atoms with Gasteiger partial charge in [-0.3, -0.25) is 9.27 Å². The summed E-state index contributed by atoms with van der Waals surface area (Å²) < 4.78 is 105. The van der Waals surface area contributed by atoms with Crippen LogP contribution in [0.1, 0.15) is 5.56 Å². The minimum absolute atomic E-state index is 0.243. The number of ether oxygens (including phenoxy) is 1. The summed E-state index contributed by atoms with van der Waals surface area (Å²) in [6.07, 6.45) is -4.88. The summed E-state index contributed by atoms with van der Waals surface area (Å²) in [6, 6.07) is 12.9. The Bertz CT molecular complexity index is 1360. The van der Waals surface area contributed by atoms with Gasteiger partial charge in [-0.1, -0.05) is 18.2 Å². The highest BCUT2D eigenvalue weighted by atomic mass is 32.2. The number of hydrogen-bond acceptors (Lipinski definition) is 6. The summed E-state index contributed by atoms with van der Waals surface area (Å²) in [4.78, 5) is -1.51. The minimum Gasteiger partial charge on any atom is -0.456 e. The van der Waals surface area contributed by atoms with E-state index in [1.807, 2.05) is 4.72 Å². The molecular weight excluding hydrogens is 473 g/mol. The molecule has 3 rings (SSSR count). The lowest BCUT2D eigenvalue weighted by Gasteiger charge is -2.14. The lowest BCUT2D eigenvalue weighted by Crippen LogP contribution is -2.16. The summed E-state index contributed by atoms with van der Waals surface area (Å²) >= 11 is 0. The first-order valence-electron chi connectivity index (χ1n) is 8.61. The normalized spacial score (nSPS) is 12.4. The van der Waals surface area contributed by atoms with Crippen LogP contribution in [0.3, 0.4) is 0 Å². The summed E-state index contributed by atoms with van der Waals surface area (Å²) in [6.45, 7) is 0. The highest BCUT2D eigenvalue weighted by Crippen LogP contribution is 2.36. The molecule has 8 nitrogen and oxygen atoms in total. The van der Waals surface area contributed by atoms with Crippen molar-refractivity contribution >= 4 is 31.5 Å². The number of sulfonamides is 1. The molecule has 0 saturated heterocycles. The Balaban J connectivity index is 1.99. The van der Waals surface area contributed by atoms with Crippen molar-refractivity contribution in [2.24, 2.45) is 0 Å². The molecule has 0 heterocycles. The zero-order valence-corrected chi connectivity index (χ0v) is 17.5. The third-order valence-electron chi connectivity index (χ3n) is 4.09. The van der Waals surface area contributed by atoms with Gasteiger partial charge in [0.05, 0.1) is 16.1 Å². The maximum atomic E-state index is 13.0. The van der Waals surface area contributed by atoms with Gasteiger partial charge in [0.1, 0.15) is 16.4 Å². The molecule has 0 atom stereocenters. The average molecular weight is 488 g/mol. The Morgan fingerprint density at radius 3 is 2.16 bits per heavy atom. The Morgan fingerprint density at radius 2 is 1.56 bits per heavy atom. The molecule has 0 aliphatic heterocycles. The Kier molecular flexibility index (Phi) is 6.09. The number of hydrogen-bond donors (Lipinski definition) is 3. The number of halogens is 3. The highest BCUT2D eigenvalue weighted by Gasteiger charge is 2.34. The first kappa shape index (κ1) is 23.4. The lowest BCUT2D eigenvalue weighted by atomic mass is 10.2. The van der Waals surface area contributed by atoms with Gasteiger partial charge in [0.25, 0.3) is 20.1 Å². The average Bonchev–Trinajstić information content (AvgIpc) is 2.68. The lowest BCUT2D eigenvalue weighted by molar-refractivity contribution is -0.137. The zero-order chi connectivity index (χ0) is 23.7. The molecule has 0 saturated carbocycles. The van der Waals surface area contributed by atoms with E-state index < -0.39 is 47.4 Å². The quantitative estimate of drug-likeness (QED) is 0.351. The van der Waals surface area contributed by atoms with Gasteiger partial charge in [-0.25, -0.2) is 8.42 Å². The van der Waals surface area contributed by atoms with E-state index in [0.29, 0.717) is 6.07 Å².